The van der Waals surface area contributed by atoms with E-state index in [-0.39, 0.29) is 25.5 Å². The molecule has 0 bridgehead atoms. The number of aromatic amines is 1. The zero-order valence-corrected chi connectivity index (χ0v) is 20.3. The van der Waals surface area contributed by atoms with Gasteiger partial charge in [0, 0.05) is 29.4 Å². The molecule has 37 heavy (non-hydrogen) atoms. The van der Waals surface area contributed by atoms with Gasteiger partial charge in [-0.05, 0) is 33.9 Å². The fraction of sp³-hybridized carbons (Fsp3) is 0.207. The SMILES string of the molecule is COC(=O)[C@H](Cc1c[nH]c2ccccc12)NC(=O)CNC(=O)OCC1c2ccccc2-c2ccccc21. The zero-order chi connectivity index (χ0) is 25.8. The number of hydrogen-bond acceptors (Lipinski definition) is 5. The summed E-state index contributed by atoms with van der Waals surface area (Å²) in [5.41, 5.74) is 6.28. The molecule has 0 radical (unpaired) electrons. The quantitative estimate of drug-likeness (QED) is 0.320. The number of H-pyrrole nitrogens is 1. The molecule has 3 aromatic carbocycles. The second kappa shape index (κ2) is 10.6. The van der Waals surface area contributed by atoms with Crippen LogP contribution in [0.5, 0.6) is 0 Å². The lowest BCUT2D eigenvalue weighted by Crippen LogP contribution is -2.47. The van der Waals surface area contributed by atoms with Gasteiger partial charge in [-0.3, -0.25) is 4.79 Å². The molecule has 0 fully saturated rings. The summed E-state index contributed by atoms with van der Waals surface area (Å²) in [6.45, 7) is -0.190. The van der Waals surface area contributed by atoms with E-state index in [1.165, 1.54) is 7.11 Å². The van der Waals surface area contributed by atoms with Crippen LogP contribution in [-0.4, -0.2) is 49.3 Å². The molecular formula is C29H27N3O5. The van der Waals surface area contributed by atoms with Gasteiger partial charge in [0.05, 0.1) is 7.11 Å². The van der Waals surface area contributed by atoms with E-state index >= 15 is 0 Å². The molecule has 188 valence electrons. The number of rotatable bonds is 8. The van der Waals surface area contributed by atoms with Gasteiger partial charge >= 0.3 is 12.1 Å². The second-order valence-corrected chi connectivity index (χ2v) is 8.89. The Morgan fingerprint density at radius 3 is 2.27 bits per heavy atom. The topological polar surface area (TPSA) is 110 Å². The number of alkyl carbamates (subject to hydrolysis) is 1. The van der Waals surface area contributed by atoms with Crippen LogP contribution in [0, 0.1) is 0 Å². The van der Waals surface area contributed by atoms with Crippen molar-refractivity contribution in [2.45, 2.75) is 18.4 Å². The highest BCUT2D eigenvalue weighted by molar-refractivity contribution is 5.89. The van der Waals surface area contributed by atoms with Crippen LogP contribution in [0.4, 0.5) is 4.79 Å². The number of hydrogen-bond donors (Lipinski definition) is 3. The third-order valence-corrected chi connectivity index (χ3v) is 6.66. The summed E-state index contributed by atoms with van der Waals surface area (Å²) in [6.07, 6.45) is 1.35. The molecule has 4 aromatic rings. The van der Waals surface area contributed by atoms with Gasteiger partial charge in [0.25, 0.3) is 0 Å². The van der Waals surface area contributed by atoms with Gasteiger partial charge in [-0.15, -0.1) is 0 Å². The summed E-state index contributed by atoms with van der Waals surface area (Å²) in [4.78, 5) is 40.5. The highest BCUT2D eigenvalue weighted by Crippen LogP contribution is 2.44. The highest BCUT2D eigenvalue weighted by atomic mass is 16.5. The van der Waals surface area contributed by atoms with Crippen molar-refractivity contribution in [1.82, 2.24) is 15.6 Å². The number of fused-ring (bicyclic) bond motifs is 4. The van der Waals surface area contributed by atoms with Crippen molar-refractivity contribution in [3.8, 4) is 11.1 Å². The molecule has 8 nitrogen and oxygen atoms in total. The molecule has 8 heteroatoms. The minimum absolute atomic E-state index is 0.0770. The average Bonchev–Trinajstić information content (AvgIpc) is 3.49. The first-order valence-electron chi connectivity index (χ1n) is 12.1. The normalized spacial score (nSPS) is 12.9. The number of benzene rings is 3. The first-order valence-corrected chi connectivity index (χ1v) is 12.1. The molecule has 0 spiro atoms. The van der Waals surface area contributed by atoms with E-state index in [2.05, 4.69) is 27.8 Å². The number of amides is 2. The first-order chi connectivity index (χ1) is 18.0. The third-order valence-electron chi connectivity index (χ3n) is 6.66. The molecule has 1 aliphatic carbocycles. The van der Waals surface area contributed by atoms with Crippen LogP contribution in [0.25, 0.3) is 22.0 Å². The van der Waals surface area contributed by atoms with Crippen LogP contribution in [0.3, 0.4) is 0 Å². The van der Waals surface area contributed by atoms with Gasteiger partial charge in [0.2, 0.25) is 5.91 Å². The molecular weight excluding hydrogens is 470 g/mol. The third kappa shape index (κ3) is 5.04. The minimum atomic E-state index is -0.902. The van der Waals surface area contributed by atoms with Gasteiger partial charge in [-0.2, -0.15) is 0 Å². The van der Waals surface area contributed by atoms with Crippen LogP contribution >= 0.6 is 0 Å². The summed E-state index contributed by atoms with van der Waals surface area (Å²) in [5.74, 6) is -1.17. The fourth-order valence-corrected chi connectivity index (χ4v) is 4.90. The van der Waals surface area contributed by atoms with Gasteiger partial charge in [-0.25, -0.2) is 9.59 Å². The van der Waals surface area contributed by atoms with E-state index in [4.69, 9.17) is 9.47 Å². The molecule has 0 aliphatic heterocycles. The lowest BCUT2D eigenvalue weighted by Gasteiger charge is -2.17. The Morgan fingerprint density at radius 1 is 0.919 bits per heavy atom. The number of ether oxygens (including phenoxy) is 2. The summed E-state index contributed by atoms with van der Waals surface area (Å²) >= 11 is 0. The number of esters is 1. The number of carbonyl (C=O) groups excluding carboxylic acids is 3. The monoisotopic (exact) mass is 497 g/mol. The Kier molecular flexibility index (Phi) is 6.89. The molecule has 1 heterocycles. The Morgan fingerprint density at radius 2 is 1.57 bits per heavy atom. The van der Waals surface area contributed by atoms with E-state index in [1.54, 1.807) is 0 Å². The molecule has 0 saturated carbocycles. The Balaban J connectivity index is 1.16. The van der Waals surface area contributed by atoms with Crippen molar-refractivity contribution >= 4 is 28.9 Å². The van der Waals surface area contributed by atoms with E-state index in [9.17, 15) is 14.4 Å². The summed E-state index contributed by atoms with van der Waals surface area (Å²) < 4.78 is 10.3. The van der Waals surface area contributed by atoms with Crippen molar-refractivity contribution in [3.05, 3.63) is 95.7 Å². The summed E-state index contributed by atoms with van der Waals surface area (Å²) in [5, 5.41) is 6.09. The van der Waals surface area contributed by atoms with Crippen molar-refractivity contribution in [2.75, 3.05) is 20.3 Å². The van der Waals surface area contributed by atoms with Crippen molar-refractivity contribution in [1.29, 1.82) is 0 Å². The maximum Gasteiger partial charge on any atom is 0.407 e. The van der Waals surface area contributed by atoms with Crippen molar-refractivity contribution in [2.24, 2.45) is 0 Å². The Hall–Kier alpha value is -4.59. The largest absolute Gasteiger partial charge is 0.467 e. The fourth-order valence-electron chi connectivity index (χ4n) is 4.90. The summed E-state index contributed by atoms with van der Waals surface area (Å²) in [6, 6.07) is 22.9. The van der Waals surface area contributed by atoms with E-state index in [1.807, 2.05) is 66.9 Å². The van der Waals surface area contributed by atoms with E-state index in [0.29, 0.717) is 0 Å². The predicted molar refractivity (Wildman–Crippen MR) is 139 cm³/mol. The molecule has 0 unspecified atom stereocenters. The maximum atomic E-state index is 12.6. The second-order valence-electron chi connectivity index (χ2n) is 8.89. The Bertz CT molecular complexity index is 1420. The first kappa shape index (κ1) is 24.1. The molecule has 1 atom stereocenters. The molecule has 1 aromatic heterocycles. The minimum Gasteiger partial charge on any atom is -0.467 e. The van der Waals surface area contributed by atoms with Crippen LogP contribution in [0.15, 0.2) is 79.0 Å². The summed E-state index contributed by atoms with van der Waals surface area (Å²) in [7, 11) is 1.27. The van der Waals surface area contributed by atoms with Gasteiger partial charge < -0.3 is 25.1 Å². The molecule has 0 saturated heterocycles. The zero-order valence-electron chi connectivity index (χ0n) is 20.3. The predicted octanol–water partition coefficient (Wildman–Crippen LogP) is 3.91. The maximum absolute atomic E-state index is 12.6. The van der Waals surface area contributed by atoms with Crippen LogP contribution in [0.1, 0.15) is 22.6 Å². The highest BCUT2D eigenvalue weighted by Gasteiger charge is 2.29. The molecule has 1 aliphatic rings. The van der Waals surface area contributed by atoms with Crippen LogP contribution in [-0.2, 0) is 25.5 Å². The number of methoxy groups -OCH3 is 1. The number of aromatic nitrogens is 1. The van der Waals surface area contributed by atoms with Crippen LogP contribution in [0.2, 0.25) is 0 Å². The van der Waals surface area contributed by atoms with Gasteiger partial charge in [-0.1, -0.05) is 66.7 Å². The Labute approximate surface area is 214 Å². The van der Waals surface area contributed by atoms with E-state index in [0.717, 1.165) is 38.7 Å². The number of carbonyl (C=O) groups is 3. The number of para-hydroxylation sites is 1. The average molecular weight is 498 g/mol. The standard InChI is InChI=1S/C29H27N3O5/c1-36-28(34)26(14-18-15-30-25-13-7-6-8-19(18)25)32-27(33)16-31-29(35)37-17-24-22-11-4-2-9-20(22)21-10-3-5-12-23(21)24/h2-13,15,24,26,30H,14,16-17H2,1H3,(H,31,35)(H,32,33)/t26-/m0/s1. The lowest BCUT2D eigenvalue weighted by atomic mass is 9.98. The lowest BCUT2D eigenvalue weighted by molar-refractivity contribution is -0.144. The van der Waals surface area contributed by atoms with Crippen molar-refractivity contribution in [3.63, 3.8) is 0 Å². The van der Waals surface area contributed by atoms with E-state index < -0.39 is 24.0 Å². The molecule has 3 N–H and O–H groups in total. The molecule has 5 rings (SSSR count). The van der Waals surface area contributed by atoms with Crippen LogP contribution < -0.4 is 10.6 Å². The van der Waals surface area contributed by atoms with Gasteiger partial charge in [0.15, 0.2) is 0 Å². The van der Waals surface area contributed by atoms with Crippen molar-refractivity contribution < 1.29 is 23.9 Å². The molecule has 2 amide bonds. The smallest absolute Gasteiger partial charge is 0.407 e. The number of nitrogens with one attached hydrogen (secondary N) is 3. The van der Waals surface area contributed by atoms with Gasteiger partial charge in [0.1, 0.15) is 19.2 Å².